The SMILES string of the molecule is CCOc1ccc(Nc2cc(C)nc(Nc3ccc(N(C)C)cc3)n2)cc1. The van der Waals surface area contributed by atoms with Crippen LogP contribution in [0.5, 0.6) is 5.75 Å². The van der Waals surface area contributed by atoms with E-state index in [1.165, 1.54) is 0 Å². The highest BCUT2D eigenvalue weighted by atomic mass is 16.5. The standard InChI is InChI=1S/C21H25N5O/c1-5-27-19-12-8-16(9-13-19)23-20-14-15(2)22-21(25-20)24-17-6-10-18(11-7-17)26(3)4/h6-14H,5H2,1-4H3,(H2,22,23,24,25). The van der Waals surface area contributed by atoms with Crippen LogP contribution in [-0.2, 0) is 0 Å². The molecule has 0 unspecified atom stereocenters. The fourth-order valence-corrected chi connectivity index (χ4v) is 2.61. The minimum absolute atomic E-state index is 0.557. The molecule has 0 aliphatic carbocycles. The molecule has 0 fully saturated rings. The van der Waals surface area contributed by atoms with Gasteiger partial charge in [0.15, 0.2) is 0 Å². The van der Waals surface area contributed by atoms with Crippen molar-refractivity contribution < 1.29 is 4.74 Å². The van der Waals surface area contributed by atoms with E-state index in [-0.39, 0.29) is 0 Å². The minimum atomic E-state index is 0.557. The molecule has 0 amide bonds. The second-order valence-electron chi connectivity index (χ2n) is 6.37. The summed E-state index contributed by atoms with van der Waals surface area (Å²) >= 11 is 0. The molecule has 27 heavy (non-hydrogen) atoms. The lowest BCUT2D eigenvalue weighted by molar-refractivity contribution is 0.340. The smallest absolute Gasteiger partial charge is 0.229 e. The van der Waals surface area contributed by atoms with Crippen LogP contribution >= 0.6 is 0 Å². The second-order valence-corrected chi connectivity index (χ2v) is 6.37. The van der Waals surface area contributed by atoms with Crippen molar-refractivity contribution in [2.45, 2.75) is 13.8 Å². The van der Waals surface area contributed by atoms with E-state index in [4.69, 9.17) is 4.74 Å². The molecule has 0 saturated heterocycles. The summed E-state index contributed by atoms with van der Waals surface area (Å²) in [5.74, 6) is 2.14. The summed E-state index contributed by atoms with van der Waals surface area (Å²) in [7, 11) is 4.04. The van der Waals surface area contributed by atoms with E-state index in [1.54, 1.807) is 0 Å². The van der Waals surface area contributed by atoms with E-state index in [1.807, 2.05) is 70.4 Å². The van der Waals surface area contributed by atoms with Gasteiger partial charge in [0.05, 0.1) is 6.61 Å². The van der Waals surface area contributed by atoms with E-state index in [0.29, 0.717) is 12.6 Å². The number of benzene rings is 2. The molecule has 6 nitrogen and oxygen atoms in total. The Morgan fingerprint density at radius 3 is 2.15 bits per heavy atom. The van der Waals surface area contributed by atoms with Crippen molar-refractivity contribution in [1.29, 1.82) is 0 Å². The molecule has 2 aromatic carbocycles. The van der Waals surface area contributed by atoms with Crippen LogP contribution in [0.25, 0.3) is 0 Å². The molecule has 1 aromatic heterocycles. The van der Waals surface area contributed by atoms with Gasteiger partial charge in [-0.25, -0.2) is 4.98 Å². The van der Waals surface area contributed by atoms with Gasteiger partial charge in [0.1, 0.15) is 11.6 Å². The van der Waals surface area contributed by atoms with E-state index in [2.05, 4.69) is 37.6 Å². The number of hydrogen-bond donors (Lipinski definition) is 2. The molecule has 0 aliphatic heterocycles. The first-order valence-corrected chi connectivity index (χ1v) is 8.93. The van der Waals surface area contributed by atoms with Crippen LogP contribution in [0.4, 0.5) is 28.8 Å². The molecule has 0 spiro atoms. The monoisotopic (exact) mass is 363 g/mol. The zero-order chi connectivity index (χ0) is 19.2. The zero-order valence-corrected chi connectivity index (χ0v) is 16.2. The van der Waals surface area contributed by atoms with Crippen LogP contribution in [0.3, 0.4) is 0 Å². The Morgan fingerprint density at radius 1 is 0.889 bits per heavy atom. The fourth-order valence-electron chi connectivity index (χ4n) is 2.61. The van der Waals surface area contributed by atoms with Crippen molar-refractivity contribution in [3.8, 4) is 5.75 Å². The first kappa shape index (κ1) is 18.5. The predicted octanol–water partition coefficient (Wildman–Crippen LogP) is 4.74. The van der Waals surface area contributed by atoms with Crippen LogP contribution in [0, 0.1) is 6.92 Å². The molecule has 0 bridgehead atoms. The quantitative estimate of drug-likeness (QED) is 0.632. The van der Waals surface area contributed by atoms with E-state index in [9.17, 15) is 0 Å². The molecular weight excluding hydrogens is 338 g/mol. The van der Waals surface area contributed by atoms with Gasteiger partial charge in [0.2, 0.25) is 5.95 Å². The number of rotatable bonds is 7. The molecule has 0 atom stereocenters. The van der Waals surface area contributed by atoms with Gasteiger partial charge < -0.3 is 20.3 Å². The number of nitrogens with one attached hydrogen (secondary N) is 2. The zero-order valence-electron chi connectivity index (χ0n) is 16.2. The Labute approximate surface area is 160 Å². The van der Waals surface area contributed by atoms with Gasteiger partial charge in [-0.1, -0.05) is 0 Å². The summed E-state index contributed by atoms with van der Waals surface area (Å²) in [4.78, 5) is 11.1. The van der Waals surface area contributed by atoms with Crippen molar-refractivity contribution in [2.24, 2.45) is 0 Å². The number of nitrogens with zero attached hydrogens (tertiary/aromatic N) is 3. The van der Waals surface area contributed by atoms with Crippen LogP contribution in [0.15, 0.2) is 54.6 Å². The molecule has 1 heterocycles. The maximum Gasteiger partial charge on any atom is 0.229 e. The summed E-state index contributed by atoms with van der Waals surface area (Å²) in [6, 6.07) is 17.9. The number of anilines is 5. The highest BCUT2D eigenvalue weighted by molar-refractivity contribution is 5.62. The normalized spacial score (nSPS) is 10.4. The highest BCUT2D eigenvalue weighted by Gasteiger charge is 2.05. The maximum absolute atomic E-state index is 5.47. The van der Waals surface area contributed by atoms with Gasteiger partial charge in [-0.05, 0) is 62.4 Å². The van der Waals surface area contributed by atoms with E-state index >= 15 is 0 Å². The number of hydrogen-bond acceptors (Lipinski definition) is 6. The fraction of sp³-hybridized carbons (Fsp3) is 0.238. The van der Waals surface area contributed by atoms with Crippen LogP contribution in [-0.4, -0.2) is 30.7 Å². The van der Waals surface area contributed by atoms with Gasteiger partial charge >= 0.3 is 0 Å². The lowest BCUT2D eigenvalue weighted by atomic mass is 10.2. The Kier molecular flexibility index (Phi) is 5.76. The minimum Gasteiger partial charge on any atom is -0.494 e. The van der Waals surface area contributed by atoms with Crippen molar-refractivity contribution in [1.82, 2.24) is 9.97 Å². The van der Waals surface area contributed by atoms with Crippen molar-refractivity contribution in [3.63, 3.8) is 0 Å². The van der Waals surface area contributed by atoms with Crippen LogP contribution in [0.2, 0.25) is 0 Å². The second kappa shape index (κ2) is 8.40. The van der Waals surface area contributed by atoms with E-state index < -0.39 is 0 Å². The molecule has 6 heteroatoms. The predicted molar refractivity (Wildman–Crippen MR) is 112 cm³/mol. The summed E-state index contributed by atoms with van der Waals surface area (Å²) < 4.78 is 5.47. The van der Waals surface area contributed by atoms with E-state index in [0.717, 1.165) is 34.3 Å². The average Bonchev–Trinajstić information content (AvgIpc) is 2.63. The molecule has 140 valence electrons. The maximum atomic E-state index is 5.47. The molecular formula is C21H25N5O. The third-order valence-electron chi connectivity index (χ3n) is 3.93. The van der Waals surface area contributed by atoms with Crippen LogP contribution in [0.1, 0.15) is 12.6 Å². The van der Waals surface area contributed by atoms with Gasteiger partial charge in [0, 0.05) is 42.9 Å². The van der Waals surface area contributed by atoms with Crippen molar-refractivity contribution in [2.75, 3.05) is 36.2 Å². The van der Waals surface area contributed by atoms with Gasteiger partial charge in [-0.2, -0.15) is 4.98 Å². The summed E-state index contributed by atoms with van der Waals surface area (Å²) in [6.45, 7) is 4.58. The number of aryl methyl sites for hydroxylation is 1. The topological polar surface area (TPSA) is 62.3 Å². The molecule has 0 saturated carbocycles. The van der Waals surface area contributed by atoms with Crippen LogP contribution < -0.4 is 20.3 Å². The molecule has 3 aromatic rings. The number of aromatic nitrogens is 2. The Morgan fingerprint density at radius 2 is 1.52 bits per heavy atom. The summed E-state index contributed by atoms with van der Waals surface area (Å²) in [6.07, 6.45) is 0. The summed E-state index contributed by atoms with van der Waals surface area (Å²) in [5.41, 5.74) is 3.91. The first-order valence-electron chi connectivity index (χ1n) is 8.93. The molecule has 3 rings (SSSR count). The van der Waals surface area contributed by atoms with Crippen molar-refractivity contribution >= 4 is 28.8 Å². The third kappa shape index (κ3) is 5.10. The highest BCUT2D eigenvalue weighted by Crippen LogP contribution is 2.22. The van der Waals surface area contributed by atoms with Gasteiger partial charge in [-0.15, -0.1) is 0 Å². The molecule has 2 N–H and O–H groups in total. The van der Waals surface area contributed by atoms with Crippen molar-refractivity contribution in [3.05, 3.63) is 60.3 Å². The lowest BCUT2D eigenvalue weighted by Gasteiger charge is -2.13. The largest absolute Gasteiger partial charge is 0.494 e. The average molecular weight is 363 g/mol. The molecule has 0 radical (unpaired) electrons. The Hall–Kier alpha value is -3.28. The first-order chi connectivity index (χ1) is 13.0. The third-order valence-corrected chi connectivity index (χ3v) is 3.93. The Bertz CT molecular complexity index is 876. The van der Waals surface area contributed by atoms with Gasteiger partial charge in [0.25, 0.3) is 0 Å². The van der Waals surface area contributed by atoms with Gasteiger partial charge in [-0.3, -0.25) is 0 Å². The Balaban J connectivity index is 1.73. The number of ether oxygens (including phenoxy) is 1. The lowest BCUT2D eigenvalue weighted by Crippen LogP contribution is -2.08. The molecule has 0 aliphatic rings. The summed E-state index contributed by atoms with van der Waals surface area (Å²) in [5, 5.41) is 6.57.